The van der Waals surface area contributed by atoms with Gasteiger partial charge in [-0.05, 0) is 37.7 Å². The van der Waals surface area contributed by atoms with Gasteiger partial charge in [0.05, 0.1) is 13.0 Å². The van der Waals surface area contributed by atoms with Gasteiger partial charge in [-0.2, -0.15) is 0 Å². The van der Waals surface area contributed by atoms with Crippen molar-refractivity contribution in [3.05, 3.63) is 29.3 Å². The van der Waals surface area contributed by atoms with Gasteiger partial charge in [0.15, 0.2) is 0 Å². The van der Waals surface area contributed by atoms with Gasteiger partial charge in [0.2, 0.25) is 5.91 Å². The molecule has 0 saturated carbocycles. The number of amides is 1. The molecule has 0 fully saturated rings. The van der Waals surface area contributed by atoms with Crippen LogP contribution in [0, 0.1) is 0 Å². The number of hydrogen-bond acceptors (Lipinski definition) is 3. The first-order chi connectivity index (χ1) is 9.11. The molecule has 20 heavy (non-hydrogen) atoms. The van der Waals surface area contributed by atoms with E-state index >= 15 is 0 Å². The molecule has 1 amide bonds. The highest BCUT2D eigenvalue weighted by molar-refractivity contribution is 6.30. The summed E-state index contributed by atoms with van der Waals surface area (Å²) in [5, 5.41) is 6.76. The van der Waals surface area contributed by atoms with Gasteiger partial charge in [-0.1, -0.05) is 18.5 Å². The van der Waals surface area contributed by atoms with E-state index in [-0.39, 0.29) is 24.4 Å². The Labute approximate surface area is 131 Å². The molecule has 4 nitrogen and oxygen atoms in total. The first kappa shape index (κ1) is 19.0. The molecule has 0 unspecified atom stereocenters. The minimum atomic E-state index is -0.00119. The lowest BCUT2D eigenvalue weighted by molar-refractivity contribution is -0.121. The Morgan fingerprint density at radius 2 is 2.00 bits per heavy atom. The van der Waals surface area contributed by atoms with Crippen molar-refractivity contribution >= 4 is 29.9 Å². The molecule has 0 saturated heterocycles. The fourth-order valence-corrected chi connectivity index (χ4v) is 1.69. The average Bonchev–Trinajstić information content (AvgIpc) is 2.39. The molecular weight excluding hydrogens is 299 g/mol. The molecule has 0 aliphatic rings. The molecule has 0 aliphatic carbocycles. The quantitative estimate of drug-likeness (QED) is 0.774. The molecule has 0 spiro atoms. The Kier molecular flexibility index (Phi) is 10.3. The van der Waals surface area contributed by atoms with Gasteiger partial charge >= 0.3 is 0 Å². The van der Waals surface area contributed by atoms with Gasteiger partial charge in [-0.15, -0.1) is 12.4 Å². The molecule has 6 heteroatoms. The summed E-state index contributed by atoms with van der Waals surface area (Å²) in [5.74, 6) is 0.719. The number of rotatable bonds is 8. The van der Waals surface area contributed by atoms with E-state index in [1.165, 1.54) is 0 Å². The molecule has 114 valence electrons. The van der Waals surface area contributed by atoms with Crippen molar-refractivity contribution in [1.82, 2.24) is 10.6 Å². The van der Waals surface area contributed by atoms with Crippen molar-refractivity contribution in [3.8, 4) is 5.75 Å². The Morgan fingerprint density at radius 3 is 2.60 bits per heavy atom. The Bertz CT molecular complexity index is 385. The Balaban J connectivity index is 0.00000361. The molecule has 1 aromatic rings. The normalized spacial score (nSPS) is 11.3. The van der Waals surface area contributed by atoms with Crippen molar-refractivity contribution < 1.29 is 9.53 Å². The van der Waals surface area contributed by atoms with E-state index < -0.39 is 0 Å². The maximum absolute atomic E-state index is 11.6. The summed E-state index contributed by atoms with van der Waals surface area (Å²) in [6, 6.07) is 7.37. The van der Waals surface area contributed by atoms with Crippen LogP contribution in [-0.2, 0) is 4.79 Å². The highest BCUT2D eigenvalue weighted by Crippen LogP contribution is 2.15. The lowest BCUT2D eigenvalue weighted by atomic mass is 10.3. The molecule has 0 aliphatic heterocycles. The van der Waals surface area contributed by atoms with Crippen LogP contribution in [0.4, 0.5) is 0 Å². The van der Waals surface area contributed by atoms with E-state index in [1.807, 2.05) is 13.8 Å². The Morgan fingerprint density at radius 1 is 1.35 bits per heavy atom. The molecule has 1 rings (SSSR count). The zero-order valence-corrected chi connectivity index (χ0v) is 13.4. The highest BCUT2D eigenvalue weighted by atomic mass is 35.5. The molecule has 2 N–H and O–H groups in total. The van der Waals surface area contributed by atoms with Gasteiger partial charge in [0.1, 0.15) is 5.75 Å². The summed E-state index contributed by atoms with van der Waals surface area (Å²) in [6.07, 6.45) is 0.349. The first-order valence-corrected chi connectivity index (χ1v) is 6.88. The molecule has 1 atom stereocenters. The molecule has 0 bridgehead atoms. The molecule has 0 aromatic heterocycles. The van der Waals surface area contributed by atoms with Crippen LogP contribution in [0.2, 0.25) is 5.02 Å². The molecule has 0 radical (unpaired) electrons. The average molecular weight is 321 g/mol. The number of hydrogen-bond donors (Lipinski definition) is 2. The fourth-order valence-electron chi connectivity index (χ4n) is 1.57. The second kappa shape index (κ2) is 10.8. The van der Waals surface area contributed by atoms with E-state index in [1.54, 1.807) is 24.3 Å². The summed E-state index contributed by atoms with van der Waals surface area (Å²) >= 11 is 5.77. The van der Waals surface area contributed by atoms with Crippen molar-refractivity contribution in [2.45, 2.75) is 26.3 Å². The standard InChI is InChI=1S/C14H21ClN2O2.ClH/c1-3-16-11(2)10-17-14(18)8-9-19-13-6-4-12(15)5-7-13;/h4-7,11,16H,3,8-10H2,1-2H3,(H,17,18);1H/t11-;/m1./s1. The van der Waals surface area contributed by atoms with Crippen LogP contribution in [0.3, 0.4) is 0 Å². The van der Waals surface area contributed by atoms with E-state index in [2.05, 4.69) is 10.6 Å². The third-order valence-electron chi connectivity index (χ3n) is 2.57. The molecular formula is C14H22Cl2N2O2. The molecule has 0 heterocycles. The topological polar surface area (TPSA) is 50.4 Å². The van der Waals surface area contributed by atoms with E-state index in [9.17, 15) is 4.79 Å². The van der Waals surface area contributed by atoms with Gasteiger partial charge in [0.25, 0.3) is 0 Å². The zero-order chi connectivity index (χ0) is 14.1. The number of halogens is 2. The van der Waals surface area contributed by atoms with Crippen molar-refractivity contribution in [3.63, 3.8) is 0 Å². The summed E-state index contributed by atoms with van der Waals surface area (Å²) in [6.45, 7) is 5.97. The summed E-state index contributed by atoms with van der Waals surface area (Å²) in [7, 11) is 0. The number of carbonyl (C=O) groups is 1. The maximum atomic E-state index is 11.6. The smallest absolute Gasteiger partial charge is 0.223 e. The van der Waals surface area contributed by atoms with Crippen molar-refractivity contribution in [2.75, 3.05) is 19.7 Å². The second-order valence-corrected chi connectivity index (χ2v) is 4.75. The van der Waals surface area contributed by atoms with Gasteiger partial charge in [-0.3, -0.25) is 4.79 Å². The summed E-state index contributed by atoms with van der Waals surface area (Å²) in [5.41, 5.74) is 0. The lowest BCUT2D eigenvalue weighted by Gasteiger charge is -2.13. The summed E-state index contributed by atoms with van der Waals surface area (Å²) in [4.78, 5) is 11.6. The summed E-state index contributed by atoms with van der Waals surface area (Å²) < 4.78 is 5.45. The van der Waals surface area contributed by atoms with Crippen molar-refractivity contribution in [2.24, 2.45) is 0 Å². The minimum absolute atomic E-state index is 0. The van der Waals surface area contributed by atoms with Crippen molar-refractivity contribution in [1.29, 1.82) is 0 Å². The number of benzene rings is 1. The first-order valence-electron chi connectivity index (χ1n) is 6.50. The number of ether oxygens (including phenoxy) is 1. The van der Waals surface area contributed by atoms with E-state index in [4.69, 9.17) is 16.3 Å². The Hall–Kier alpha value is -0.970. The van der Waals surface area contributed by atoms with Crippen LogP contribution in [0.15, 0.2) is 24.3 Å². The number of carbonyl (C=O) groups excluding carboxylic acids is 1. The third kappa shape index (κ3) is 8.25. The predicted octanol–water partition coefficient (Wildman–Crippen LogP) is 2.64. The fraction of sp³-hybridized carbons (Fsp3) is 0.500. The van der Waals surface area contributed by atoms with E-state index in [0.29, 0.717) is 24.6 Å². The van der Waals surface area contributed by atoms with E-state index in [0.717, 1.165) is 12.3 Å². The SMILES string of the molecule is CCN[C@H](C)CNC(=O)CCOc1ccc(Cl)cc1.Cl. The lowest BCUT2D eigenvalue weighted by Crippen LogP contribution is -2.39. The van der Waals surface area contributed by atoms with Gasteiger partial charge in [-0.25, -0.2) is 0 Å². The maximum Gasteiger partial charge on any atom is 0.223 e. The number of likely N-dealkylation sites (N-methyl/N-ethyl adjacent to an activating group) is 1. The van der Waals surface area contributed by atoms with Gasteiger partial charge < -0.3 is 15.4 Å². The van der Waals surface area contributed by atoms with Crippen LogP contribution in [0.5, 0.6) is 5.75 Å². The van der Waals surface area contributed by atoms with Gasteiger partial charge in [0, 0.05) is 17.6 Å². The van der Waals surface area contributed by atoms with Crippen LogP contribution in [0.25, 0.3) is 0 Å². The third-order valence-corrected chi connectivity index (χ3v) is 2.82. The predicted molar refractivity (Wildman–Crippen MR) is 85.0 cm³/mol. The van der Waals surface area contributed by atoms with Crippen LogP contribution in [0.1, 0.15) is 20.3 Å². The van der Waals surface area contributed by atoms with Crippen LogP contribution in [-0.4, -0.2) is 31.6 Å². The largest absolute Gasteiger partial charge is 0.493 e. The molecule has 1 aromatic carbocycles. The minimum Gasteiger partial charge on any atom is -0.493 e. The second-order valence-electron chi connectivity index (χ2n) is 4.32. The number of nitrogens with one attached hydrogen (secondary N) is 2. The van der Waals surface area contributed by atoms with Crippen LogP contribution >= 0.6 is 24.0 Å². The van der Waals surface area contributed by atoms with Crippen LogP contribution < -0.4 is 15.4 Å². The highest BCUT2D eigenvalue weighted by Gasteiger charge is 2.04. The zero-order valence-electron chi connectivity index (χ0n) is 11.8. The monoisotopic (exact) mass is 320 g/mol.